The molecule has 8 heteroatoms. The van der Waals surface area contributed by atoms with Gasteiger partial charge in [-0.1, -0.05) is 6.07 Å². The first kappa shape index (κ1) is 20.7. The van der Waals surface area contributed by atoms with Gasteiger partial charge in [0.2, 0.25) is 0 Å². The number of nitrogens with one attached hydrogen (secondary N) is 1. The highest BCUT2D eigenvalue weighted by Crippen LogP contribution is 2.31. The molecule has 2 aromatic rings. The summed E-state index contributed by atoms with van der Waals surface area (Å²) < 4.78 is 33.3. The summed E-state index contributed by atoms with van der Waals surface area (Å²) in [6.45, 7) is 4.63. The molecular weight excluding hydrogens is 382 g/mol. The lowest BCUT2D eigenvalue weighted by Gasteiger charge is -2.23. The second-order valence-corrected chi connectivity index (χ2v) is 7.38. The zero-order valence-electron chi connectivity index (χ0n) is 16.3. The Labute approximate surface area is 167 Å². The molecular formula is C21H22F2N2O4. The minimum absolute atomic E-state index is 0.148. The van der Waals surface area contributed by atoms with Crippen molar-refractivity contribution in [3.63, 3.8) is 0 Å². The number of hydrogen-bond donors (Lipinski definition) is 2. The van der Waals surface area contributed by atoms with Crippen LogP contribution < -0.4 is 10.1 Å². The Balaban J connectivity index is 1.70. The number of amides is 3. The Morgan fingerprint density at radius 1 is 1.14 bits per heavy atom. The molecule has 0 unspecified atom stereocenters. The Hall–Kier alpha value is -3.00. The molecule has 1 heterocycles. The summed E-state index contributed by atoms with van der Waals surface area (Å²) in [5.74, 6) is -1.77. The molecule has 1 aliphatic rings. The average molecular weight is 404 g/mol. The maximum atomic E-state index is 14.2. The molecule has 3 amide bonds. The molecule has 2 aromatic carbocycles. The highest BCUT2D eigenvalue weighted by Gasteiger charge is 2.50. The first-order chi connectivity index (χ1) is 13.6. The number of β-amino-alcohol motifs (C(OH)–C–C–N with tert-alkyl or cyclic N) is 1. The van der Waals surface area contributed by atoms with Crippen LogP contribution in [-0.2, 0) is 10.3 Å². The molecule has 154 valence electrons. The second kappa shape index (κ2) is 7.79. The van der Waals surface area contributed by atoms with Gasteiger partial charge < -0.3 is 15.2 Å². The minimum Gasteiger partial charge on any atom is -0.491 e. The number of carbonyl (C=O) groups excluding carboxylic acids is 2. The number of aliphatic hydroxyl groups excluding tert-OH is 1. The van der Waals surface area contributed by atoms with Crippen LogP contribution in [0.5, 0.6) is 5.75 Å². The van der Waals surface area contributed by atoms with Crippen LogP contribution in [0.15, 0.2) is 36.4 Å². The fourth-order valence-electron chi connectivity index (χ4n) is 3.40. The Morgan fingerprint density at radius 3 is 2.45 bits per heavy atom. The highest BCUT2D eigenvalue weighted by atomic mass is 19.1. The lowest BCUT2D eigenvalue weighted by atomic mass is 9.91. The van der Waals surface area contributed by atoms with Crippen molar-refractivity contribution in [3.8, 4) is 5.75 Å². The van der Waals surface area contributed by atoms with E-state index in [-0.39, 0.29) is 18.7 Å². The summed E-state index contributed by atoms with van der Waals surface area (Å²) in [5.41, 5.74) is -0.0513. The maximum absolute atomic E-state index is 14.2. The molecule has 0 aliphatic carbocycles. The van der Waals surface area contributed by atoms with E-state index in [2.05, 4.69) is 5.32 Å². The molecule has 6 nitrogen and oxygen atoms in total. The van der Waals surface area contributed by atoms with Gasteiger partial charge in [-0.15, -0.1) is 0 Å². The van der Waals surface area contributed by atoms with Gasteiger partial charge in [-0.25, -0.2) is 13.6 Å². The molecule has 2 N–H and O–H groups in total. The van der Waals surface area contributed by atoms with Crippen LogP contribution in [-0.4, -0.2) is 41.2 Å². The molecule has 1 fully saturated rings. The third-order valence-corrected chi connectivity index (χ3v) is 4.77. The van der Waals surface area contributed by atoms with Crippen LogP contribution in [0.3, 0.4) is 0 Å². The predicted molar refractivity (Wildman–Crippen MR) is 101 cm³/mol. The molecule has 0 spiro atoms. The number of hydrogen-bond acceptors (Lipinski definition) is 4. The van der Waals surface area contributed by atoms with E-state index in [4.69, 9.17) is 4.74 Å². The number of aliphatic hydroxyl groups is 1. The smallest absolute Gasteiger partial charge is 0.325 e. The lowest BCUT2D eigenvalue weighted by Crippen LogP contribution is -2.43. The quantitative estimate of drug-likeness (QED) is 0.726. The van der Waals surface area contributed by atoms with Crippen LogP contribution in [0.2, 0.25) is 0 Å². The molecule has 0 aromatic heterocycles. The average Bonchev–Trinajstić information content (AvgIpc) is 2.85. The van der Waals surface area contributed by atoms with Crippen molar-refractivity contribution in [1.82, 2.24) is 10.2 Å². The fourth-order valence-corrected chi connectivity index (χ4v) is 3.40. The van der Waals surface area contributed by atoms with E-state index < -0.39 is 35.2 Å². The van der Waals surface area contributed by atoms with Crippen LogP contribution >= 0.6 is 0 Å². The molecule has 0 radical (unpaired) electrons. The third kappa shape index (κ3) is 4.22. The first-order valence-electron chi connectivity index (χ1n) is 9.09. The monoisotopic (exact) mass is 404 g/mol. The lowest BCUT2D eigenvalue weighted by molar-refractivity contribution is -0.132. The Morgan fingerprint density at radius 2 is 1.79 bits per heavy atom. The second-order valence-electron chi connectivity index (χ2n) is 7.38. The first-order valence-corrected chi connectivity index (χ1v) is 9.09. The van der Waals surface area contributed by atoms with Gasteiger partial charge in [-0.05, 0) is 62.2 Å². The number of aryl methyl sites for hydroxylation is 2. The van der Waals surface area contributed by atoms with Crippen molar-refractivity contribution in [3.05, 3.63) is 64.7 Å². The van der Waals surface area contributed by atoms with E-state index in [1.54, 1.807) is 12.1 Å². The summed E-state index contributed by atoms with van der Waals surface area (Å²) >= 11 is 0. The number of rotatable bonds is 6. The van der Waals surface area contributed by atoms with Crippen LogP contribution in [0, 0.1) is 25.5 Å². The van der Waals surface area contributed by atoms with Crippen LogP contribution in [0.1, 0.15) is 23.6 Å². The van der Waals surface area contributed by atoms with Crippen molar-refractivity contribution < 1.29 is 28.2 Å². The van der Waals surface area contributed by atoms with E-state index in [0.29, 0.717) is 5.75 Å². The number of carbonyl (C=O) groups is 2. The minimum atomic E-state index is -1.77. The topological polar surface area (TPSA) is 78.9 Å². The van der Waals surface area contributed by atoms with Gasteiger partial charge in [0.25, 0.3) is 5.91 Å². The largest absolute Gasteiger partial charge is 0.491 e. The summed E-state index contributed by atoms with van der Waals surface area (Å²) in [6.07, 6.45) is -1.16. The van der Waals surface area contributed by atoms with E-state index in [1.807, 2.05) is 19.9 Å². The summed E-state index contributed by atoms with van der Waals surface area (Å²) in [4.78, 5) is 25.9. The standard InChI is InChI=1S/C21H22F2N2O4/c1-12-6-13(2)8-16(7-12)29-11-15(26)10-25-19(27)21(3,24-20(25)28)17-9-14(22)4-5-18(17)23/h4-9,15,26H,10-11H2,1-3H3,(H,24,28)/t15-,21+/m1/s1. The number of urea groups is 1. The van der Waals surface area contributed by atoms with Gasteiger partial charge >= 0.3 is 6.03 Å². The van der Waals surface area contributed by atoms with E-state index >= 15 is 0 Å². The summed E-state index contributed by atoms with van der Waals surface area (Å²) in [5, 5.41) is 12.6. The summed E-state index contributed by atoms with van der Waals surface area (Å²) in [6, 6.07) is 7.47. The van der Waals surface area contributed by atoms with Gasteiger partial charge in [0.05, 0.1) is 6.54 Å². The number of ether oxygens (including phenoxy) is 1. The van der Waals surface area contributed by atoms with Crippen molar-refractivity contribution >= 4 is 11.9 Å². The Bertz CT molecular complexity index is 945. The number of imide groups is 1. The van der Waals surface area contributed by atoms with E-state index in [1.165, 1.54) is 6.92 Å². The van der Waals surface area contributed by atoms with Crippen molar-refractivity contribution in [1.29, 1.82) is 0 Å². The predicted octanol–water partition coefficient (Wildman–Crippen LogP) is 2.79. The number of nitrogens with zero attached hydrogens (tertiary/aromatic N) is 1. The normalized spacial score (nSPS) is 20.0. The van der Waals surface area contributed by atoms with E-state index in [0.717, 1.165) is 34.2 Å². The molecule has 0 bridgehead atoms. The van der Waals surface area contributed by atoms with Crippen LogP contribution in [0.25, 0.3) is 0 Å². The molecule has 0 saturated carbocycles. The number of benzene rings is 2. The SMILES string of the molecule is Cc1cc(C)cc(OC[C@H](O)CN2C(=O)N[C@@](C)(c3cc(F)ccc3F)C2=O)c1. The van der Waals surface area contributed by atoms with Crippen molar-refractivity contribution in [2.24, 2.45) is 0 Å². The molecule has 29 heavy (non-hydrogen) atoms. The van der Waals surface area contributed by atoms with Crippen molar-refractivity contribution in [2.75, 3.05) is 13.2 Å². The number of halogens is 2. The van der Waals surface area contributed by atoms with Gasteiger partial charge in [-0.2, -0.15) is 0 Å². The van der Waals surface area contributed by atoms with E-state index in [9.17, 15) is 23.5 Å². The van der Waals surface area contributed by atoms with Crippen molar-refractivity contribution in [2.45, 2.75) is 32.4 Å². The third-order valence-electron chi connectivity index (χ3n) is 4.77. The van der Waals surface area contributed by atoms with Gasteiger partial charge in [0.15, 0.2) is 0 Å². The fraction of sp³-hybridized carbons (Fsp3) is 0.333. The molecule has 2 atom stereocenters. The van der Waals surface area contributed by atoms with Gasteiger partial charge in [-0.3, -0.25) is 9.69 Å². The Kier molecular flexibility index (Phi) is 5.57. The zero-order chi connectivity index (χ0) is 21.3. The highest BCUT2D eigenvalue weighted by molar-refractivity contribution is 6.07. The zero-order valence-corrected chi connectivity index (χ0v) is 16.3. The molecule has 1 saturated heterocycles. The molecule has 1 aliphatic heterocycles. The van der Waals surface area contributed by atoms with Gasteiger partial charge in [0.1, 0.15) is 35.6 Å². The molecule has 3 rings (SSSR count). The van der Waals surface area contributed by atoms with Gasteiger partial charge in [0, 0.05) is 5.56 Å². The maximum Gasteiger partial charge on any atom is 0.325 e. The van der Waals surface area contributed by atoms with Crippen LogP contribution in [0.4, 0.5) is 13.6 Å². The summed E-state index contributed by atoms with van der Waals surface area (Å²) in [7, 11) is 0.